The first-order valence-electron chi connectivity index (χ1n) is 8.66. The van der Waals surface area contributed by atoms with Crippen molar-refractivity contribution in [3.05, 3.63) is 69.7 Å². The van der Waals surface area contributed by atoms with Gasteiger partial charge in [0.15, 0.2) is 0 Å². The number of thiazole rings is 1. The minimum Gasteiger partial charge on any atom is -0.309 e. The van der Waals surface area contributed by atoms with E-state index in [1.54, 1.807) is 17.4 Å². The Morgan fingerprint density at radius 1 is 1.00 bits per heavy atom. The van der Waals surface area contributed by atoms with Gasteiger partial charge in [0.05, 0.1) is 34.2 Å². The smallest absolute Gasteiger partial charge is 0.258 e. The number of hydrogen-bond donors (Lipinski definition) is 1. The Morgan fingerprint density at radius 3 is 2.50 bits per heavy atom. The average Bonchev–Trinajstić information content (AvgIpc) is 3.03. The normalized spacial score (nSPS) is 11.8. The molecule has 0 spiro atoms. The number of H-pyrrole nitrogens is 1. The van der Waals surface area contributed by atoms with Gasteiger partial charge in [0.25, 0.3) is 5.56 Å². The maximum absolute atomic E-state index is 12.3. The van der Waals surface area contributed by atoms with Crippen molar-refractivity contribution >= 4 is 32.5 Å². The summed E-state index contributed by atoms with van der Waals surface area (Å²) < 4.78 is 1.20. The number of hydrogen-bond acceptors (Lipinski definition) is 5. The van der Waals surface area contributed by atoms with Gasteiger partial charge in [-0.25, -0.2) is 9.97 Å². The molecule has 0 aliphatic heterocycles. The van der Waals surface area contributed by atoms with Gasteiger partial charge in [-0.2, -0.15) is 0 Å². The average molecular weight is 364 g/mol. The predicted octanol–water partition coefficient (Wildman–Crippen LogP) is 3.94. The summed E-state index contributed by atoms with van der Waals surface area (Å²) in [5.74, 6) is 0.684. The molecule has 0 radical (unpaired) electrons. The van der Waals surface area contributed by atoms with Gasteiger partial charge in [-0.1, -0.05) is 24.3 Å². The molecule has 2 heterocycles. The summed E-state index contributed by atoms with van der Waals surface area (Å²) in [4.78, 5) is 26.9. The number of nitrogens with zero attached hydrogens (tertiary/aromatic N) is 3. The second-order valence-electron chi connectivity index (χ2n) is 6.60. The lowest BCUT2D eigenvalue weighted by Gasteiger charge is -2.24. The second kappa shape index (κ2) is 6.97. The summed E-state index contributed by atoms with van der Waals surface area (Å²) in [7, 11) is 0. The number of para-hydroxylation sites is 2. The number of aromatic nitrogens is 3. The lowest BCUT2D eigenvalue weighted by Crippen LogP contribution is -2.31. The van der Waals surface area contributed by atoms with Crippen molar-refractivity contribution in [1.29, 1.82) is 0 Å². The fourth-order valence-electron chi connectivity index (χ4n) is 2.98. The van der Waals surface area contributed by atoms with Crippen LogP contribution in [0.2, 0.25) is 0 Å². The van der Waals surface area contributed by atoms with Crippen LogP contribution >= 0.6 is 11.3 Å². The van der Waals surface area contributed by atoms with E-state index in [1.807, 2.05) is 36.4 Å². The van der Waals surface area contributed by atoms with Crippen molar-refractivity contribution in [2.45, 2.75) is 33.0 Å². The van der Waals surface area contributed by atoms with Crippen LogP contribution in [0, 0.1) is 0 Å². The van der Waals surface area contributed by atoms with Gasteiger partial charge in [-0.05, 0) is 38.1 Å². The minimum atomic E-state index is -0.0886. The highest BCUT2D eigenvalue weighted by molar-refractivity contribution is 7.18. The molecule has 2 aromatic heterocycles. The van der Waals surface area contributed by atoms with Crippen molar-refractivity contribution < 1.29 is 0 Å². The Labute approximate surface area is 155 Å². The van der Waals surface area contributed by atoms with Crippen LogP contribution in [-0.2, 0) is 13.1 Å². The van der Waals surface area contributed by atoms with Crippen LogP contribution in [0.15, 0.2) is 53.3 Å². The number of nitrogens with one attached hydrogen (secondary N) is 1. The monoisotopic (exact) mass is 364 g/mol. The molecule has 0 atom stereocenters. The Kier molecular flexibility index (Phi) is 4.53. The number of rotatable bonds is 5. The Hall–Kier alpha value is -2.57. The van der Waals surface area contributed by atoms with Crippen LogP contribution in [0.25, 0.3) is 21.1 Å². The van der Waals surface area contributed by atoms with Crippen LogP contribution in [0.4, 0.5) is 0 Å². The zero-order valence-electron chi connectivity index (χ0n) is 14.8. The Bertz CT molecular complexity index is 1080. The second-order valence-corrected chi connectivity index (χ2v) is 7.72. The standard InChI is InChI=1S/C20H20N4OS/c1-13(2)24(12-19-22-16-9-5-6-10-17(16)26-19)11-18-21-15-8-4-3-7-14(15)20(25)23-18/h3-10,13H,11-12H2,1-2H3,(H,21,23,25). The van der Waals surface area contributed by atoms with Gasteiger partial charge in [0.1, 0.15) is 10.8 Å². The lowest BCUT2D eigenvalue weighted by atomic mass is 10.2. The summed E-state index contributed by atoms with van der Waals surface area (Å²) >= 11 is 1.71. The largest absolute Gasteiger partial charge is 0.309 e. The van der Waals surface area contributed by atoms with Crippen molar-refractivity contribution in [3.63, 3.8) is 0 Å². The molecule has 0 aliphatic carbocycles. The van der Waals surface area contributed by atoms with E-state index >= 15 is 0 Å². The molecule has 26 heavy (non-hydrogen) atoms. The lowest BCUT2D eigenvalue weighted by molar-refractivity contribution is 0.198. The molecular weight excluding hydrogens is 344 g/mol. The summed E-state index contributed by atoms with van der Waals surface area (Å²) in [5.41, 5.74) is 1.68. The van der Waals surface area contributed by atoms with E-state index in [0.29, 0.717) is 23.8 Å². The molecule has 1 N–H and O–H groups in total. The van der Waals surface area contributed by atoms with E-state index in [2.05, 4.69) is 34.8 Å². The van der Waals surface area contributed by atoms with Crippen molar-refractivity contribution in [3.8, 4) is 0 Å². The molecule has 4 aromatic rings. The van der Waals surface area contributed by atoms with E-state index in [1.165, 1.54) is 4.70 Å². The first-order valence-corrected chi connectivity index (χ1v) is 9.48. The molecule has 0 saturated carbocycles. The number of fused-ring (bicyclic) bond motifs is 2. The van der Waals surface area contributed by atoms with Gasteiger partial charge in [0.2, 0.25) is 0 Å². The highest BCUT2D eigenvalue weighted by Crippen LogP contribution is 2.23. The Balaban J connectivity index is 1.62. The van der Waals surface area contributed by atoms with Crippen LogP contribution in [-0.4, -0.2) is 25.9 Å². The Morgan fingerprint density at radius 2 is 1.73 bits per heavy atom. The molecule has 4 rings (SSSR count). The molecule has 0 bridgehead atoms. The predicted molar refractivity (Wildman–Crippen MR) is 106 cm³/mol. The number of benzene rings is 2. The molecule has 2 aromatic carbocycles. The van der Waals surface area contributed by atoms with E-state index in [9.17, 15) is 4.79 Å². The van der Waals surface area contributed by atoms with Gasteiger partial charge >= 0.3 is 0 Å². The van der Waals surface area contributed by atoms with E-state index in [-0.39, 0.29) is 5.56 Å². The summed E-state index contributed by atoms with van der Waals surface area (Å²) in [6.07, 6.45) is 0. The maximum Gasteiger partial charge on any atom is 0.258 e. The van der Waals surface area contributed by atoms with Gasteiger partial charge in [-0.15, -0.1) is 11.3 Å². The van der Waals surface area contributed by atoms with E-state index in [4.69, 9.17) is 4.98 Å². The molecule has 132 valence electrons. The molecule has 6 heteroatoms. The fourth-order valence-corrected chi connectivity index (χ4v) is 3.98. The highest BCUT2D eigenvalue weighted by Gasteiger charge is 2.15. The SMILES string of the molecule is CC(C)N(Cc1nc2ccccc2c(=O)[nH]1)Cc1nc2ccccc2s1. The van der Waals surface area contributed by atoms with Crippen LogP contribution in [0.5, 0.6) is 0 Å². The summed E-state index contributed by atoms with van der Waals surface area (Å²) in [6, 6.07) is 15.9. The van der Waals surface area contributed by atoms with Crippen molar-refractivity contribution in [1.82, 2.24) is 19.9 Å². The summed E-state index contributed by atoms with van der Waals surface area (Å²) in [5, 5.41) is 1.70. The molecule has 0 fully saturated rings. The fraction of sp³-hybridized carbons (Fsp3) is 0.250. The minimum absolute atomic E-state index is 0.0886. The molecular formula is C20H20N4OS. The highest BCUT2D eigenvalue weighted by atomic mass is 32.1. The first-order chi connectivity index (χ1) is 12.6. The van der Waals surface area contributed by atoms with E-state index < -0.39 is 0 Å². The quantitative estimate of drug-likeness (QED) is 0.583. The van der Waals surface area contributed by atoms with Gasteiger partial charge in [0, 0.05) is 6.04 Å². The van der Waals surface area contributed by atoms with Gasteiger partial charge in [-0.3, -0.25) is 9.69 Å². The first kappa shape index (κ1) is 16.9. The molecule has 5 nitrogen and oxygen atoms in total. The van der Waals surface area contributed by atoms with Crippen molar-refractivity contribution in [2.24, 2.45) is 0 Å². The van der Waals surface area contributed by atoms with E-state index in [0.717, 1.165) is 22.6 Å². The van der Waals surface area contributed by atoms with Crippen molar-refractivity contribution in [2.75, 3.05) is 0 Å². The molecule has 0 amide bonds. The molecule has 0 aliphatic rings. The van der Waals surface area contributed by atoms with Crippen LogP contribution in [0.1, 0.15) is 24.7 Å². The third-order valence-corrected chi connectivity index (χ3v) is 5.44. The summed E-state index contributed by atoms with van der Waals surface area (Å²) in [6.45, 7) is 5.60. The zero-order valence-corrected chi connectivity index (χ0v) is 15.6. The maximum atomic E-state index is 12.3. The number of aromatic amines is 1. The topological polar surface area (TPSA) is 61.9 Å². The third kappa shape index (κ3) is 3.38. The van der Waals surface area contributed by atoms with Crippen LogP contribution < -0.4 is 5.56 Å². The third-order valence-electron chi connectivity index (χ3n) is 4.42. The zero-order chi connectivity index (χ0) is 18.1. The van der Waals surface area contributed by atoms with Crippen LogP contribution in [0.3, 0.4) is 0 Å². The molecule has 0 saturated heterocycles. The van der Waals surface area contributed by atoms with Gasteiger partial charge < -0.3 is 4.98 Å². The molecule has 0 unspecified atom stereocenters.